The first kappa shape index (κ1) is 19.7. The SMILES string of the molecule is CCN(C(=O)C1CC(=O)N(c2ccc(OC)cc2OC)C1)c1cccc(C)c1. The van der Waals surface area contributed by atoms with Gasteiger partial charge >= 0.3 is 0 Å². The Morgan fingerprint density at radius 1 is 1.18 bits per heavy atom. The highest BCUT2D eigenvalue weighted by Crippen LogP contribution is 2.36. The normalized spacial score (nSPS) is 16.2. The summed E-state index contributed by atoms with van der Waals surface area (Å²) in [6.45, 7) is 4.83. The topological polar surface area (TPSA) is 59.1 Å². The van der Waals surface area contributed by atoms with E-state index in [1.54, 1.807) is 42.2 Å². The van der Waals surface area contributed by atoms with Crippen molar-refractivity contribution >= 4 is 23.2 Å². The van der Waals surface area contributed by atoms with Crippen LogP contribution < -0.4 is 19.3 Å². The van der Waals surface area contributed by atoms with Crippen LogP contribution in [-0.4, -0.2) is 39.1 Å². The zero-order valence-electron chi connectivity index (χ0n) is 16.8. The number of nitrogens with zero attached hydrogens (tertiary/aromatic N) is 2. The van der Waals surface area contributed by atoms with Crippen LogP contribution in [0.25, 0.3) is 0 Å². The molecule has 6 nitrogen and oxygen atoms in total. The average molecular weight is 382 g/mol. The zero-order chi connectivity index (χ0) is 20.3. The third-order valence-corrected chi connectivity index (χ3v) is 5.05. The smallest absolute Gasteiger partial charge is 0.232 e. The summed E-state index contributed by atoms with van der Waals surface area (Å²) in [6, 6.07) is 13.2. The Hall–Kier alpha value is -3.02. The number of aryl methyl sites for hydroxylation is 1. The zero-order valence-corrected chi connectivity index (χ0v) is 16.8. The summed E-state index contributed by atoms with van der Waals surface area (Å²) in [4.78, 5) is 29.2. The van der Waals surface area contributed by atoms with Crippen molar-refractivity contribution in [1.29, 1.82) is 0 Å². The van der Waals surface area contributed by atoms with Gasteiger partial charge in [0.15, 0.2) is 0 Å². The molecule has 1 heterocycles. The Balaban J connectivity index is 1.83. The number of hydrogen-bond donors (Lipinski definition) is 0. The lowest BCUT2D eigenvalue weighted by atomic mass is 10.1. The molecule has 0 aromatic heterocycles. The monoisotopic (exact) mass is 382 g/mol. The highest BCUT2D eigenvalue weighted by molar-refractivity contribution is 6.05. The molecular formula is C22H26N2O4. The second-order valence-corrected chi connectivity index (χ2v) is 6.86. The van der Waals surface area contributed by atoms with Gasteiger partial charge in [-0.3, -0.25) is 9.59 Å². The molecule has 3 rings (SSSR count). The van der Waals surface area contributed by atoms with Crippen molar-refractivity contribution in [3.05, 3.63) is 48.0 Å². The number of ether oxygens (including phenoxy) is 2. The Morgan fingerprint density at radius 2 is 1.96 bits per heavy atom. The molecular weight excluding hydrogens is 356 g/mol. The van der Waals surface area contributed by atoms with Crippen LogP contribution in [0.2, 0.25) is 0 Å². The van der Waals surface area contributed by atoms with Gasteiger partial charge in [0.05, 0.1) is 25.8 Å². The fourth-order valence-electron chi connectivity index (χ4n) is 3.60. The number of carbonyl (C=O) groups is 2. The first-order chi connectivity index (χ1) is 13.5. The number of hydrogen-bond acceptors (Lipinski definition) is 4. The molecule has 2 aromatic rings. The maximum absolute atomic E-state index is 13.2. The molecule has 0 bridgehead atoms. The van der Waals surface area contributed by atoms with Crippen LogP contribution in [0.4, 0.5) is 11.4 Å². The van der Waals surface area contributed by atoms with E-state index in [1.165, 1.54) is 0 Å². The molecule has 1 aliphatic rings. The number of amides is 2. The molecule has 148 valence electrons. The van der Waals surface area contributed by atoms with Crippen LogP contribution in [0.3, 0.4) is 0 Å². The van der Waals surface area contributed by atoms with E-state index in [-0.39, 0.29) is 24.2 Å². The van der Waals surface area contributed by atoms with Gasteiger partial charge in [-0.25, -0.2) is 0 Å². The van der Waals surface area contributed by atoms with E-state index in [4.69, 9.17) is 9.47 Å². The third kappa shape index (κ3) is 3.81. The second-order valence-electron chi connectivity index (χ2n) is 6.86. The minimum absolute atomic E-state index is 0.0311. The minimum atomic E-state index is -0.389. The van der Waals surface area contributed by atoms with Crippen molar-refractivity contribution in [2.45, 2.75) is 20.3 Å². The van der Waals surface area contributed by atoms with E-state index >= 15 is 0 Å². The Labute approximate surface area is 165 Å². The summed E-state index contributed by atoms with van der Waals surface area (Å²) >= 11 is 0. The van der Waals surface area contributed by atoms with Gasteiger partial charge in [-0.1, -0.05) is 12.1 Å². The molecule has 1 aliphatic heterocycles. The fraction of sp³-hybridized carbons (Fsp3) is 0.364. The number of benzene rings is 2. The van der Waals surface area contributed by atoms with E-state index < -0.39 is 0 Å². The molecule has 2 aromatic carbocycles. The number of carbonyl (C=O) groups excluding carboxylic acids is 2. The summed E-state index contributed by atoms with van der Waals surface area (Å²) in [5, 5.41) is 0. The number of methoxy groups -OCH3 is 2. The van der Waals surface area contributed by atoms with Crippen LogP contribution in [0.5, 0.6) is 11.5 Å². The van der Waals surface area contributed by atoms with E-state index in [0.29, 0.717) is 30.3 Å². The van der Waals surface area contributed by atoms with Crippen LogP contribution in [-0.2, 0) is 9.59 Å². The molecule has 1 unspecified atom stereocenters. The number of rotatable bonds is 6. The van der Waals surface area contributed by atoms with E-state index in [9.17, 15) is 9.59 Å². The summed E-state index contributed by atoms with van der Waals surface area (Å²) in [6.07, 6.45) is 0.191. The molecule has 0 spiro atoms. The molecule has 1 fully saturated rings. The first-order valence-electron chi connectivity index (χ1n) is 9.39. The minimum Gasteiger partial charge on any atom is -0.497 e. The predicted molar refractivity (Wildman–Crippen MR) is 109 cm³/mol. The molecule has 2 amide bonds. The van der Waals surface area contributed by atoms with Crippen molar-refractivity contribution < 1.29 is 19.1 Å². The van der Waals surface area contributed by atoms with Gasteiger partial charge in [-0.05, 0) is 43.7 Å². The quantitative estimate of drug-likeness (QED) is 0.768. The van der Waals surface area contributed by atoms with Gasteiger partial charge in [-0.15, -0.1) is 0 Å². The summed E-state index contributed by atoms with van der Waals surface area (Å²) in [5.74, 6) is 0.696. The Bertz CT molecular complexity index is 881. The van der Waals surface area contributed by atoms with Gasteiger partial charge in [-0.2, -0.15) is 0 Å². The summed E-state index contributed by atoms with van der Waals surface area (Å²) in [7, 11) is 3.13. The van der Waals surface area contributed by atoms with Gasteiger partial charge in [0.2, 0.25) is 11.8 Å². The molecule has 0 saturated carbocycles. The summed E-state index contributed by atoms with van der Waals surface area (Å²) < 4.78 is 10.6. The van der Waals surface area contributed by atoms with Crippen LogP contribution in [0.15, 0.2) is 42.5 Å². The Morgan fingerprint density at radius 3 is 2.61 bits per heavy atom. The lowest BCUT2D eigenvalue weighted by Crippen LogP contribution is -2.37. The average Bonchev–Trinajstić information content (AvgIpc) is 3.09. The van der Waals surface area contributed by atoms with Gasteiger partial charge in [0.25, 0.3) is 0 Å². The maximum Gasteiger partial charge on any atom is 0.232 e. The Kier molecular flexibility index (Phi) is 5.87. The van der Waals surface area contributed by atoms with Crippen molar-refractivity contribution in [2.75, 3.05) is 37.1 Å². The molecule has 0 radical (unpaired) electrons. The molecule has 1 saturated heterocycles. The predicted octanol–water partition coefficient (Wildman–Crippen LogP) is 3.42. The third-order valence-electron chi connectivity index (χ3n) is 5.05. The largest absolute Gasteiger partial charge is 0.497 e. The number of anilines is 2. The highest BCUT2D eigenvalue weighted by atomic mass is 16.5. The lowest BCUT2D eigenvalue weighted by molar-refractivity contribution is -0.124. The van der Waals surface area contributed by atoms with Crippen LogP contribution in [0.1, 0.15) is 18.9 Å². The first-order valence-corrected chi connectivity index (χ1v) is 9.39. The van der Waals surface area contributed by atoms with Gasteiger partial charge < -0.3 is 19.3 Å². The van der Waals surface area contributed by atoms with Gasteiger partial charge in [0, 0.05) is 31.3 Å². The second kappa shape index (κ2) is 8.33. The lowest BCUT2D eigenvalue weighted by Gasteiger charge is -2.25. The van der Waals surface area contributed by atoms with Crippen LogP contribution >= 0.6 is 0 Å². The highest BCUT2D eigenvalue weighted by Gasteiger charge is 2.38. The molecule has 0 aliphatic carbocycles. The van der Waals surface area contributed by atoms with E-state index in [0.717, 1.165) is 11.3 Å². The van der Waals surface area contributed by atoms with Crippen molar-refractivity contribution in [3.63, 3.8) is 0 Å². The van der Waals surface area contributed by atoms with Crippen LogP contribution in [0, 0.1) is 12.8 Å². The van der Waals surface area contributed by atoms with Gasteiger partial charge in [0.1, 0.15) is 11.5 Å². The fourth-order valence-corrected chi connectivity index (χ4v) is 3.60. The van der Waals surface area contributed by atoms with E-state index in [1.807, 2.05) is 38.1 Å². The molecule has 0 N–H and O–H groups in total. The van der Waals surface area contributed by atoms with E-state index in [2.05, 4.69) is 0 Å². The van der Waals surface area contributed by atoms with Crippen molar-refractivity contribution in [2.24, 2.45) is 5.92 Å². The molecule has 1 atom stereocenters. The molecule has 6 heteroatoms. The van der Waals surface area contributed by atoms with Crippen molar-refractivity contribution in [1.82, 2.24) is 0 Å². The standard InChI is InChI=1S/C22H26N2O4/c1-5-23(17-8-6-7-15(2)11-17)22(26)16-12-21(25)24(14-16)19-10-9-18(27-3)13-20(19)28-4/h6-11,13,16H,5,12,14H2,1-4H3. The maximum atomic E-state index is 13.2. The van der Waals surface area contributed by atoms with Crippen molar-refractivity contribution in [3.8, 4) is 11.5 Å². The summed E-state index contributed by atoms with van der Waals surface area (Å²) in [5.41, 5.74) is 2.61. The molecule has 28 heavy (non-hydrogen) atoms.